The fourth-order valence-corrected chi connectivity index (χ4v) is 2.97. The average molecular weight is 554 g/mol. The Morgan fingerprint density at radius 2 is 1.31 bits per heavy atom. The van der Waals surface area contributed by atoms with Gasteiger partial charge in [0.2, 0.25) is 0 Å². The van der Waals surface area contributed by atoms with Crippen LogP contribution in [0.4, 0.5) is 32.2 Å². The summed E-state index contributed by atoms with van der Waals surface area (Å²) in [7, 11) is 0. The number of nitrogens with two attached hydrogens (primary N) is 2. The zero-order valence-corrected chi connectivity index (χ0v) is 19.7. The van der Waals surface area contributed by atoms with E-state index in [-0.39, 0.29) is 0 Å². The zero-order valence-electron chi connectivity index (χ0n) is 19.7. The second-order valence-corrected chi connectivity index (χ2v) is 7.52. The highest BCUT2D eigenvalue weighted by molar-refractivity contribution is 5.96. The molecule has 0 radical (unpaired) electrons. The molecule has 8 nitrogen and oxygen atoms in total. The van der Waals surface area contributed by atoms with Crippen molar-refractivity contribution in [1.82, 2.24) is 9.97 Å². The Morgan fingerprint density at radius 1 is 0.795 bits per heavy atom. The maximum absolute atomic E-state index is 10.6. The summed E-state index contributed by atoms with van der Waals surface area (Å²) in [6, 6.07) is 22.4. The molecule has 0 aliphatic heterocycles. The average Bonchev–Trinajstić information content (AvgIpc) is 2.88. The number of aliphatic carboxylic acids is 2. The van der Waals surface area contributed by atoms with E-state index in [1.165, 1.54) is 0 Å². The summed E-state index contributed by atoms with van der Waals surface area (Å²) in [6.07, 6.45) is -8.48. The van der Waals surface area contributed by atoms with Crippen molar-refractivity contribution in [3.8, 4) is 22.4 Å². The first-order chi connectivity index (χ1) is 18.1. The number of nitrogens with zero attached hydrogens (tertiary/aromatic N) is 2. The summed E-state index contributed by atoms with van der Waals surface area (Å²) in [5, 5.41) is 15.1. The minimum Gasteiger partial charge on any atom is -0.475 e. The van der Waals surface area contributed by atoms with Crippen molar-refractivity contribution < 1.29 is 46.1 Å². The van der Waals surface area contributed by atoms with Crippen molar-refractivity contribution in [3.63, 3.8) is 0 Å². The van der Waals surface area contributed by atoms with E-state index < -0.39 is 24.3 Å². The molecule has 0 saturated heterocycles. The molecule has 0 saturated carbocycles. The molecular formula is C25H20F6N4O4. The molecule has 6 N–H and O–H groups in total. The number of benzene rings is 2. The summed E-state index contributed by atoms with van der Waals surface area (Å²) in [6.45, 7) is 0.527. The van der Waals surface area contributed by atoms with E-state index in [1.54, 1.807) is 6.20 Å². The molecule has 0 spiro atoms. The van der Waals surface area contributed by atoms with E-state index in [0.717, 1.165) is 38.9 Å². The molecule has 0 fully saturated rings. The molecule has 0 unspecified atom stereocenters. The van der Waals surface area contributed by atoms with Gasteiger partial charge in [-0.05, 0) is 23.3 Å². The SMILES string of the molecule is NCc1ccc(-c2nc3ccnc(N)c3cc2-c2ccccc2)cc1.O=C(O)C(F)(F)F.O=C(O)C(F)(F)F. The van der Waals surface area contributed by atoms with Gasteiger partial charge in [-0.25, -0.2) is 19.6 Å². The molecule has 39 heavy (non-hydrogen) atoms. The normalized spacial score (nSPS) is 11.1. The van der Waals surface area contributed by atoms with Gasteiger partial charge in [0.05, 0.1) is 11.2 Å². The number of halogens is 6. The third-order valence-electron chi connectivity index (χ3n) is 4.81. The smallest absolute Gasteiger partial charge is 0.475 e. The molecule has 2 aromatic carbocycles. The molecule has 0 amide bonds. The number of carbonyl (C=O) groups is 2. The van der Waals surface area contributed by atoms with Crippen molar-refractivity contribution in [2.45, 2.75) is 18.9 Å². The van der Waals surface area contributed by atoms with Gasteiger partial charge in [0.25, 0.3) is 0 Å². The number of aromatic nitrogens is 2. The number of carboxylic acids is 2. The Bertz CT molecular complexity index is 1400. The number of carboxylic acid groups (broad SMARTS) is 2. The van der Waals surface area contributed by atoms with Gasteiger partial charge in [-0.1, -0.05) is 54.6 Å². The van der Waals surface area contributed by atoms with Gasteiger partial charge in [-0.3, -0.25) is 0 Å². The van der Waals surface area contributed by atoms with Gasteiger partial charge in [0, 0.05) is 29.3 Å². The summed E-state index contributed by atoms with van der Waals surface area (Å²) >= 11 is 0. The van der Waals surface area contributed by atoms with Gasteiger partial charge in [-0.15, -0.1) is 0 Å². The Kier molecular flexibility index (Phi) is 9.92. The first kappa shape index (κ1) is 30.5. The molecule has 4 aromatic rings. The summed E-state index contributed by atoms with van der Waals surface area (Å²) in [5.74, 6) is -5.02. The lowest BCUT2D eigenvalue weighted by molar-refractivity contribution is -0.193. The number of rotatable bonds is 3. The fraction of sp³-hybridized carbons (Fsp3) is 0.120. The number of nitrogen functional groups attached to an aromatic ring is 1. The van der Waals surface area contributed by atoms with Gasteiger partial charge < -0.3 is 21.7 Å². The molecule has 4 rings (SSSR count). The minimum atomic E-state index is -5.08. The van der Waals surface area contributed by atoms with Crippen LogP contribution in [0.3, 0.4) is 0 Å². The maximum atomic E-state index is 10.6. The second kappa shape index (κ2) is 12.7. The number of alkyl halides is 6. The quantitative estimate of drug-likeness (QED) is 0.250. The highest BCUT2D eigenvalue weighted by Gasteiger charge is 2.38. The molecule has 206 valence electrons. The summed E-state index contributed by atoms with van der Waals surface area (Å²) in [4.78, 5) is 26.9. The van der Waals surface area contributed by atoms with Gasteiger partial charge >= 0.3 is 24.3 Å². The number of pyridine rings is 2. The molecule has 0 atom stereocenters. The third kappa shape index (κ3) is 8.67. The van der Waals surface area contributed by atoms with Crippen LogP contribution in [-0.4, -0.2) is 44.5 Å². The molecule has 0 bridgehead atoms. The van der Waals surface area contributed by atoms with Crippen LogP contribution in [0.15, 0.2) is 72.9 Å². The van der Waals surface area contributed by atoms with E-state index in [9.17, 15) is 26.3 Å². The van der Waals surface area contributed by atoms with E-state index >= 15 is 0 Å². The molecule has 0 aliphatic carbocycles. The fourth-order valence-electron chi connectivity index (χ4n) is 2.97. The first-order valence-corrected chi connectivity index (χ1v) is 10.7. The van der Waals surface area contributed by atoms with Crippen LogP contribution < -0.4 is 11.5 Å². The van der Waals surface area contributed by atoms with Crippen molar-refractivity contribution in [2.24, 2.45) is 5.73 Å². The molecule has 14 heteroatoms. The minimum absolute atomic E-state index is 0.493. The standard InChI is InChI=1S/C21H18N4.2C2HF3O2/c22-13-14-6-8-16(9-7-14)20-17(15-4-2-1-3-5-15)12-18-19(25-20)10-11-24-21(18)23;2*3-2(4,5)1(6)7/h1-12H,13,22H2,(H2,23,24);2*(H,6,7). The number of hydrogen-bond donors (Lipinski definition) is 4. The predicted octanol–water partition coefficient (Wildman–Crippen LogP) is 5.27. The molecule has 0 aliphatic rings. The van der Waals surface area contributed by atoms with Crippen LogP contribution in [0.25, 0.3) is 33.3 Å². The van der Waals surface area contributed by atoms with Crippen LogP contribution >= 0.6 is 0 Å². The van der Waals surface area contributed by atoms with Crippen LogP contribution in [-0.2, 0) is 16.1 Å². The second-order valence-electron chi connectivity index (χ2n) is 7.52. The van der Waals surface area contributed by atoms with Crippen molar-refractivity contribution in [3.05, 3.63) is 78.5 Å². The Morgan fingerprint density at radius 3 is 1.77 bits per heavy atom. The maximum Gasteiger partial charge on any atom is 0.490 e. The van der Waals surface area contributed by atoms with E-state index in [2.05, 4.69) is 35.3 Å². The van der Waals surface area contributed by atoms with Crippen molar-refractivity contribution in [1.29, 1.82) is 0 Å². The number of anilines is 1. The topological polar surface area (TPSA) is 152 Å². The molecular weight excluding hydrogens is 534 g/mol. The Labute approximate surface area is 216 Å². The Balaban J connectivity index is 0.000000317. The van der Waals surface area contributed by atoms with Crippen LogP contribution in [0, 0.1) is 0 Å². The van der Waals surface area contributed by atoms with E-state index in [1.807, 2.05) is 36.4 Å². The lowest BCUT2D eigenvalue weighted by Crippen LogP contribution is -2.21. The van der Waals surface area contributed by atoms with Crippen molar-refractivity contribution >= 4 is 28.7 Å². The van der Waals surface area contributed by atoms with Crippen LogP contribution in [0.5, 0.6) is 0 Å². The highest BCUT2D eigenvalue weighted by Crippen LogP contribution is 2.34. The molecule has 2 heterocycles. The Hall–Kier alpha value is -4.72. The van der Waals surface area contributed by atoms with Crippen LogP contribution in [0.1, 0.15) is 5.56 Å². The van der Waals surface area contributed by atoms with Gasteiger partial charge in [0.1, 0.15) is 5.82 Å². The van der Waals surface area contributed by atoms with Gasteiger partial charge in [0.15, 0.2) is 0 Å². The first-order valence-electron chi connectivity index (χ1n) is 10.7. The lowest BCUT2D eigenvalue weighted by atomic mass is 9.97. The molecule has 2 aromatic heterocycles. The van der Waals surface area contributed by atoms with Crippen LogP contribution in [0.2, 0.25) is 0 Å². The van der Waals surface area contributed by atoms with Crippen molar-refractivity contribution in [2.75, 3.05) is 5.73 Å². The highest BCUT2D eigenvalue weighted by atomic mass is 19.4. The largest absolute Gasteiger partial charge is 0.490 e. The third-order valence-corrected chi connectivity index (χ3v) is 4.81. The monoisotopic (exact) mass is 554 g/mol. The predicted molar refractivity (Wildman–Crippen MR) is 130 cm³/mol. The number of fused-ring (bicyclic) bond motifs is 1. The van der Waals surface area contributed by atoms with Gasteiger partial charge in [-0.2, -0.15) is 26.3 Å². The van der Waals surface area contributed by atoms with E-state index in [0.29, 0.717) is 12.4 Å². The number of hydrogen-bond acceptors (Lipinski definition) is 6. The van der Waals surface area contributed by atoms with E-state index in [4.69, 9.17) is 36.3 Å². The summed E-state index contributed by atoms with van der Waals surface area (Å²) in [5.41, 5.74) is 17.8. The zero-order chi connectivity index (χ0) is 29.4. The lowest BCUT2D eigenvalue weighted by Gasteiger charge is -2.12. The summed E-state index contributed by atoms with van der Waals surface area (Å²) < 4.78 is 63.5.